The molecule has 4 nitrogen and oxygen atoms in total. The predicted octanol–water partition coefficient (Wildman–Crippen LogP) is 2.47. The summed E-state index contributed by atoms with van der Waals surface area (Å²) in [4.78, 5) is 10.5. The van der Waals surface area contributed by atoms with Crippen molar-refractivity contribution in [3.05, 3.63) is 36.1 Å². The van der Waals surface area contributed by atoms with Crippen LogP contribution in [-0.2, 0) is 0 Å². The third kappa shape index (κ3) is 1.65. The maximum absolute atomic E-state index is 10.5. The first-order valence-corrected chi connectivity index (χ1v) is 4.67. The number of aldehydes is 1. The van der Waals surface area contributed by atoms with E-state index in [4.69, 9.17) is 9.15 Å². The lowest BCUT2D eigenvalue weighted by Crippen LogP contribution is -1.85. The van der Waals surface area contributed by atoms with E-state index in [1.54, 1.807) is 30.3 Å². The summed E-state index contributed by atoms with van der Waals surface area (Å²) in [6, 6.07) is 8.23. The molecule has 0 amide bonds. The van der Waals surface area contributed by atoms with Crippen molar-refractivity contribution >= 4 is 6.29 Å². The number of rotatable bonds is 3. The minimum atomic E-state index is -0.00296. The van der Waals surface area contributed by atoms with Gasteiger partial charge in [-0.05, 0) is 24.3 Å². The first kappa shape index (κ1) is 10.3. The molecule has 2 rings (SSSR count). The number of carbonyl (C=O) groups is 1. The Morgan fingerprint density at radius 1 is 1.31 bits per heavy atom. The molecule has 0 aliphatic carbocycles. The largest absolute Gasteiger partial charge is 0.504 e. The van der Waals surface area contributed by atoms with Crippen molar-refractivity contribution in [2.24, 2.45) is 0 Å². The summed E-state index contributed by atoms with van der Waals surface area (Å²) in [7, 11) is 1.47. The van der Waals surface area contributed by atoms with Gasteiger partial charge in [-0.25, -0.2) is 0 Å². The maximum Gasteiger partial charge on any atom is 0.185 e. The summed E-state index contributed by atoms with van der Waals surface area (Å²) < 4.78 is 10.2. The number of ether oxygens (including phenoxy) is 1. The SMILES string of the molecule is COc1cccc(-c2ccc(C=O)o2)c1O. The average Bonchev–Trinajstić information content (AvgIpc) is 2.78. The molecule has 1 heterocycles. The second-order valence-electron chi connectivity index (χ2n) is 3.18. The smallest absolute Gasteiger partial charge is 0.185 e. The molecule has 0 bridgehead atoms. The fraction of sp³-hybridized carbons (Fsp3) is 0.0833. The number of benzene rings is 1. The lowest BCUT2D eigenvalue weighted by molar-refractivity contribution is 0.110. The van der Waals surface area contributed by atoms with Crippen LogP contribution in [0.3, 0.4) is 0 Å². The number of phenols is 1. The van der Waals surface area contributed by atoms with E-state index in [1.807, 2.05) is 0 Å². The summed E-state index contributed by atoms with van der Waals surface area (Å²) >= 11 is 0. The summed E-state index contributed by atoms with van der Waals surface area (Å²) in [6.07, 6.45) is 0.612. The second kappa shape index (κ2) is 4.10. The summed E-state index contributed by atoms with van der Waals surface area (Å²) in [5.74, 6) is 1.01. The molecule has 0 atom stereocenters. The van der Waals surface area contributed by atoms with E-state index in [-0.39, 0.29) is 11.5 Å². The second-order valence-corrected chi connectivity index (χ2v) is 3.18. The molecule has 1 N–H and O–H groups in total. The highest BCUT2D eigenvalue weighted by molar-refractivity contribution is 5.75. The zero-order valence-corrected chi connectivity index (χ0v) is 8.64. The van der Waals surface area contributed by atoms with Crippen molar-refractivity contribution in [1.82, 2.24) is 0 Å². The molecule has 0 spiro atoms. The minimum Gasteiger partial charge on any atom is -0.504 e. The Morgan fingerprint density at radius 2 is 2.12 bits per heavy atom. The molecule has 0 saturated carbocycles. The van der Waals surface area contributed by atoms with Gasteiger partial charge in [-0.15, -0.1) is 0 Å². The lowest BCUT2D eigenvalue weighted by atomic mass is 10.1. The summed E-state index contributed by atoms with van der Waals surface area (Å²) in [6.45, 7) is 0. The van der Waals surface area contributed by atoms with Crippen LogP contribution in [0.15, 0.2) is 34.7 Å². The van der Waals surface area contributed by atoms with E-state index in [2.05, 4.69) is 0 Å². The summed E-state index contributed by atoms with van der Waals surface area (Å²) in [5, 5.41) is 9.85. The molecule has 1 aromatic carbocycles. The number of carbonyl (C=O) groups excluding carboxylic acids is 1. The molecule has 0 aliphatic heterocycles. The van der Waals surface area contributed by atoms with Crippen molar-refractivity contribution in [3.8, 4) is 22.8 Å². The molecule has 16 heavy (non-hydrogen) atoms. The van der Waals surface area contributed by atoms with Gasteiger partial charge >= 0.3 is 0 Å². The molecule has 1 aromatic heterocycles. The van der Waals surface area contributed by atoms with Crippen LogP contribution in [-0.4, -0.2) is 18.5 Å². The van der Waals surface area contributed by atoms with Crippen molar-refractivity contribution in [2.75, 3.05) is 7.11 Å². The average molecular weight is 218 g/mol. The van der Waals surface area contributed by atoms with Gasteiger partial charge in [-0.1, -0.05) is 6.07 Å². The molecule has 0 radical (unpaired) electrons. The van der Waals surface area contributed by atoms with Crippen LogP contribution in [0.25, 0.3) is 11.3 Å². The van der Waals surface area contributed by atoms with Gasteiger partial charge < -0.3 is 14.3 Å². The van der Waals surface area contributed by atoms with Crippen molar-refractivity contribution in [1.29, 1.82) is 0 Å². The van der Waals surface area contributed by atoms with Gasteiger partial charge in [0.1, 0.15) is 5.76 Å². The number of furan rings is 1. The Morgan fingerprint density at radius 3 is 2.75 bits per heavy atom. The summed E-state index contributed by atoms with van der Waals surface area (Å²) in [5.41, 5.74) is 0.493. The van der Waals surface area contributed by atoms with E-state index in [0.717, 1.165) is 0 Å². The Balaban J connectivity index is 2.51. The number of methoxy groups -OCH3 is 1. The molecule has 4 heteroatoms. The molecular formula is C12H10O4. The Bertz CT molecular complexity index is 513. The minimum absolute atomic E-state index is 0.00296. The molecule has 0 unspecified atom stereocenters. The fourth-order valence-electron chi connectivity index (χ4n) is 1.45. The first-order valence-electron chi connectivity index (χ1n) is 4.67. The van der Waals surface area contributed by atoms with Gasteiger partial charge in [0.15, 0.2) is 23.5 Å². The van der Waals surface area contributed by atoms with Crippen molar-refractivity contribution in [2.45, 2.75) is 0 Å². The molecule has 0 saturated heterocycles. The van der Waals surface area contributed by atoms with E-state index < -0.39 is 0 Å². The van der Waals surface area contributed by atoms with Gasteiger partial charge in [0, 0.05) is 0 Å². The standard InChI is InChI=1S/C12H10O4/c1-15-11-4-2-3-9(12(11)14)10-6-5-8(7-13)16-10/h2-7,14H,1H3. The molecule has 82 valence electrons. The van der Waals surface area contributed by atoms with E-state index in [0.29, 0.717) is 23.4 Å². The van der Waals surface area contributed by atoms with Gasteiger partial charge in [0.2, 0.25) is 0 Å². The van der Waals surface area contributed by atoms with Gasteiger partial charge in [0.25, 0.3) is 0 Å². The highest BCUT2D eigenvalue weighted by atomic mass is 16.5. The van der Waals surface area contributed by atoms with Crippen LogP contribution in [0.1, 0.15) is 10.6 Å². The van der Waals surface area contributed by atoms with E-state index in [1.165, 1.54) is 7.11 Å². The topological polar surface area (TPSA) is 59.7 Å². The van der Waals surface area contributed by atoms with Crippen LogP contribution in [0.5, 0.6) is 11.5 Å². The normalized spacial score (nSPS) is 10.1. The number of para-hydroxylation sites is 1. The molecule has 0 fully saturated rings. The van der Waals surface area contributed by atoms with Crippen LogP contribution in [0.2, 0.25) is 0 Å². The van der Waals surface area contributed by atoms with Crippen LogP contribution in [0.4, 0.5) is 0 Å². The quantitative estimate of drug-likeness (QED) is 0.804. The Hall–Kier alpha value is -2.23. The van der Waals surface area contributed by atoms with Crippen molar-refractivity contribution in [3.63, 3.8) is 0 Å². The monoisotopic (exact) mass is 218 g/mol. The number of aromatic hydroxyl groups is 1. The zero-order chi connectivity index (χ0) is 11.5. The molecule has 0 aliphatic rings. The molecular weight excluding hydrogens is 208 g/mol. The van der Waals surface area contributed by atoms with Crippen LogP contribution >= 0.6 is 0 Å². The van der Waals surface area contributed by atoms with Gasteiger partial charge in [0.05, 0.1) is 12.7 Å². The predicted molar refractivity (Wildman–Crippen MR) is 57.7 cm³/mol. The first-order chi connectivity index (χ1) is 7.76. The number of phenolic OH excluding ortho intramolecular Hbond substituents is 1. The zero-order valence-electron chi connectivity index (χ0n) is 8.64. The Kier molecular flexibility index (Phi) is 2.64. The number of hydrogen-bond acceptors (Lipinski definition) is 4. The van der Waals surface area contributed by atoms with E-state index in [9.17, 15) is 9.90 Å². The highest BCUT2D eigenvalue weighted by Gasteiger charge is 2.12. The third-order valence-electron chi connectivity index (χ3n) is 2.23. The van der Waals surface area contributed by atoms with Gasteiger partial charge in [-0.3, -0.25) is 4.79 Å². The maximum atomic E-state index is 10.5. The van der Waals surface area contributed by atoms with Gasteiger partial charge in [-0.2, -0.15) is 0 Å². The van der Waals surface area contributed by atoms with Crippen LogP contribution < -0.4 is 4.74 Å². The van der Waals surface area contributed by atoms with Crippen molar-refractivity contribution < 1.29 is 19.1 Å². The fourth-order valence-corrected chi connectivity index (χ4v) is 1.45. The Labute approximate surface area is 92.1 Å². The molecule has 2 aromatic rings. The third-order valence-corrected chi connectivity index (χ3v) is 2.23. The lowest BCUT2D eigenvalue weighted by Gasteiger charge is -2.06. The number of hydrogen-bond donors (Lipinski definition) is 1. The highest BCUT2D eigenvalue weighted by Crippen LogP contribution is 2.37. The van der Waals surface area contributed by atoms with Crippen LogP contribution in [0, 0.1) is 0 Å². The van der Waals surface area contributed by atoms with E-state index >= 15 is 0 Å².